The second-order valence-corrected chi connectivity index (χ2v) is 10.3. The van der Waals surface area contributed by atoms with Crippen molar-refractivity contribution in [3.05, 3.63) is 105 Å². The maximum atomic E-state index is 15.7. The Kier molecular flexibility index (Phi) is 6.91. The number of pyridine rings is 2. The molecule has 4 aromatic rings. The van der Waals surface area contributed by atoms with Crippen molar-refractivity contribution in [3.8, 4) is 12.1 Å². The standard InChI is InChI=1S/C31H29FN6O/c1-19-5-9-23(10-6-19)29(24-11-7-22(15-33)8-12-24)37-17-21(3)38(18-20(37)2)30-27(32)31(39)36(4)26-14-13-25(16-34)35-28(26)30/h5-14,20-21,29H,17-18H2,1-4H3/t20-,21+,29?/m1/s1. The van der Waals surface area contributed by atoms with Crippen molar-refractivity contribution in [1.29, 1.82) is 10.5 Å². The fourth-order valence-corrected chi connectivity index (χ4v) is 5.57. The van der Waals surface area contributed by atoms with E-state index in [4.69, 9.17) is 0 Å². The molecule has 3 heterocycles. The molecule has 0 N–H and O–H groups in total. The van der Waals surface area contributed by atoms with Gasteiger partial charge in [0, 0.05) is 32.2 Å². The van der Waals surface area contributed by atoms with Crippen LogP contribution in [0.1, 0.15) is 47.8 Å². The molecule has 1 fully saturated rings. The van der Waals surface area contributed by atoms with E-state index in [0.717, 1.165) is 11.1 Å². The van der Waals surface area contributed by atoms with Gasteiger partial charge in [0.2, 0.25) is 5.82 Å². The molecule has 196 valence electrons. The first-order valence-electron chi connectivity index (χ1n) is 12.9. The monoisotopic (exact) mass is 520 g/mol. The van der Waals surface area contributed by atoms with E-state index in [2.05, 4.69) is 54.1 Å². The molecular formula is C31H29FN6O. The molecule has 0 aliphatic carbocycles. The predicted molar refractivity (Wildman–Crippen MR) is 149 cm³/mol. The molecule has 2 aromatic heterocycles. The lowest BCUT2D eigenvalue weighted by Gasteiger charge is -2.48. The largest absolute Gasteiger partial charge is 0.362 e. The zero-order valence-corrected chi connectivity index (χ0v) is 22.4. The summed E-state index contributed by atoms with van der Waals surface area (Å²) in [4.78, 5) is 21.6. The first-order valence-corrected chi connectivity index (χ1v) is 12.9. The van der Waals surface area contributed by atoms with Gasteiger partial charge in [0.1, 0.15) is 23.0 Å². The molecule has 1 unspecified atom stereocenters. The molecule has 1 aliphatic rings. The zero-order chi connectivity index (χ0) is 27.8. The van der Waals surface area contributed by atoms with Crippen molar-refractivity contribution < 1.29 is 4.39 Å². The smallest absolute Gasteiger partial charge is 0.289 e. The highest BCUT2D eigenvalue weighted by Crippen LogP contribution is 2.37. The van der Waals surface area contributed by atoms with E-state index in [1.54, 1.807) is 6.07 Å². The van der Waals surface area contributed by atoms with Gasteiger partial charge >= 0.3 is 0 Å². The summed E-state index contributed by atoms with van der Waals surface area (Å²) in [5.74, 6) is -0.859. The quantitative estimate of drug-likeness (QED) is 0.384. The number of piperazine rings is 1. The van der Waals surface area contributed by atoms with Crippen molar-refractivity contribution in [2.24, 2.45) is 7.05 Å². The number of anilines is 1. The molecule has 0 bridgehead atoms. The number of fused-ring (bicyclic) bond motifs is 1. The number of halogens is 1. The third kappa shape index (κ3) is 4.65. The highest BCUT2D eigenvalue weighted by molar-refractivity contribution is 5.89. The van der Waals surface area contributed by atoms with Crippen LogP contribution in [0, 0.1) is 35.4 Å². The van der Waals surface area contributed by atoms with E-state index in [9.17, 15) is 15.3 Å². The Morgan fingerprint density at radius 3 is 2.18 bits per heavy atom. The minimum Gasteiger partial charge on any atom is -0.362 e. The van der Waals surface area contributed by atoms with Gasteiger partial charge in [-0.15, -0.1) is 0 Å². The van der Waals surface area contributed by atoms with Crippen molar-refractivity contribution in [1.82, 2.24) is 14.5 Å². The number of aromatic nitrogens is 2. The maximum absolute atomic E-state index is 15.7. The number of hydrogen-bond acceptors (Lipinski definition) is 6. The molecule has 0 radical (unpaired) electrons. The first kappa shape index (κ1) is 26.1. The Hall–Kier alpha value is -4.53. The van der Waals surface area contributed by atoms with Crippen LogP contribution in [0.4, 0.5) is 10.1 Å². The van der Waals surface area contributed by atoms with Crippen LogP contribution in [0.5, 0.6) is 0 Å². The Labute approximate surface area is 227 Å². The maximum Gasteiger partial charge on any atom is 0.289 e. The molecule has 3 atom stereocenters. The summed E-state index contributed by atoms with van der Waals surface area (Å²) in [5.41, 5.74) is 4.35. The van der Waals surface area contributed by atoms with E-state index in [1.807, 2.05) is 42.2 Å². The number of aryl methyl sites for hydroxylation is 2. The molecule has 0 spiro atoms. The van der Waals surface area contributed by atoms with Gasteiger partial charge in [-0.05, 0) is 56.2 Å². The van der Waals surface area contributed by atoms with Gasteiger partial charge < -0.3 is 9.47 Å². The van der Waals surface area contributed by atoms with Crippen molar-refractivity contribution in [3.63, 3.8) is 0 Å². The van der Waals surface area contributed by atoms with E-state index >= 15 is 4.39 Å². The van der Waals surface area contributed by atoms with E-state index in [-0.39, 0.29) is 29.5 Å². The fraction of sp³-hybridized carbons (Fsp3) is 0.290. The molecule has 0 amide bonds. The van der Waals surface area contributed by atoms with Crippen LogP contribution in [0.25, 0.3) is 11.0 Å². The van der Waals surface area contributed by atoms with Gasteiger partial charge in [0.15, 0.2) is 0 Å². The van der Waals surface area contributed by atoms with Crippen LogP contribution in [0.15, 0.2) is 65.5 Å². The van der Waals surface area contributed by atoms with E-state index in [1.165, 1.54) is 23.2 Å². The number of rotatable bonds is 4. The molecule has 2 aromatic carbocycles. The van der Waals surface area contributed by atoms with Crippen LogP contribution in [-0.2, 0) is 7.05 Å². The van der Waals surface area contributed by atoms with Crippen molar-refractivity contribution >= 4 is 16.7 Å². The average molecular weight is 521 g/mol. The fourth-order valence-electron chi connectivity index (χ4n) is 5.57. The zero-order valence-electron chi connectivity index (χ0n) is 22.4. The van der Waals surface area contributed by atoms with Crippen LogP contribution >= 0.6 is 0 Å². The third-order valence-corrected chi connectivity index (χ3v) is 7.68. The average Bonchev–Trinajstić information content (AvgIpc) is 2.95. The molecule has 5 rings (SSSR count). The van der Waals surface area contributed by atoms with E-state index in [0.29, 0.717) is 29.7 Å². The lowest BCUT2D eigenvalue weighted by Crippen LogP contribution is -2.58. The second kappa shape index (κ2) is 10.3. The lowest BCUT2D eigenvalue weighted by atomic mass is 9.92. The van der Waals surface area contributed by atoms with Crippen LogP contribution < -0.4 is 10.5 Å². The van der Waals surface area contributed by atoms with E-state index < -0.39 is 11.4 Å². The normalized spacial score (nSPS) is 18.5. The van der Waals surface area contributed by atoms with Crippen LogP contribution in [0.2, 0.25) is 0 Å². The van der Waals surface area contributed by atoms with Crippen LogP contribution in [-0.4, -0.2) is 39.6 Å². The summed E-state index contributed by atoms with van der Waals surface area (Å²) in [7, 11) is 1.51. The summed E-state index contributed by atoms with van der Waals surface area (Å²) in [5, 5.41) is 18.7. The molecule has 0 saturated carbocycles. The van der Waals surface area contributed by atoms with Crippen molar-refractivity contribution in [2.45, 2.75) is 38.9 Å². The minimum absolute atomic E-state index is 0.0270. The summed E-state index contributed by atoms with van der Waals surface area (Å²) in [6, 6.07) is 23.2. The molecule has 7 nitrogen and oxygen atoms in total. The Morgan fingerprint density at radius 2 is 1.56 bits per heavy atom. The summed E-state index contributed by atoms with van der Waals surface area (Å²) in [6.45, 7) is 7.21. The second-order valence-electron chi connectivity index (χ2n) is 10.3. The first-order chi connectivity index (χ1) is 18.7. The number of nitriles is 2. The molecule has 1 aliphatic heterocycles. The summed E-state index contributed by atoms with van der Waals surface area (Å²) < 4.78 is 16.9. The lowest BCUT2D eigenvalue weighted by molar-refractivity contribution is 0.129. The third-order valence-electron chi connectivity index (χ3n) is 7.68. The van der Waals surface area contributed by atoms with Gasteiger partial charge in [0.05, 0.1) is 23.2 Å². The minimum atomic E-state index is -0.859. The summed E-state index contributed by atoms with van der Waals surface area (Å²) >= 11 is 0. The number of nitrogens with zero attached hydrogens (tertiary/aromatic N) is 6. The molecule has 1 saturated heterocycles. The van der Waals surface area contributed by atoms with Gasteiger partial charge in [-0.25, -0.2) is 4.98 Å². The van der Waals surface area contributed by atoms with Crippen LogP contribution in [0.3, 0.4) is 0 Å². The molecule has 8 heteroatoms. The predicted octanol–water partition coefficient (Wildman–Crippen LogP) is 4.81. The van der Waals surface area contributed by atoms with Gasteiger partial charge in [0.25, 0.3) is 5.56 Å². The molecular weight excluding hydrogens is 491 g/mol. The van der Waals surface area contributed by atoms with Gasteiger partial charge in [-0.3, -0.25) is 9.69 Å². The topological polar surface area (TPSA) is 89.0 Å². The SMILES string of the molecule is Cc1ccc(C(c2ccc(C#N)cc2)N2C[C@H](C)N(c3c(F)c(=O)n(C)c4ccc(C#N)nc34)C[C@H]2C)cc1. The number of hydrogen-bond donors (Lipinski definition) is 0. The summed E-state index contributed by atoms with van der Waals surface area (Å²) in [6.07, 6.45) is 0. The highest BCUT2D eigenvalue weighted by atomic mass is 19.1. The Morgan fingerprint density at radius 1 is 0.923 bits per heavy atom. The molecule has 39 heavy (non-hydrogen) atoms. The van der Waals surface area contributed by atoms with Crippen molar-refractivity contribution in [2.75, 3.05) is 18.0 Å². The highest BCUT2D eigenvalue weighted by Gasteiger charge is 2.37. The van der Waals surface area contributed by atoms with Gasteiger partial charge in [-0.1, -0.05) is 42.0 Å². The van der Waals surface area contributed by atoms with Gasteiger partial charge in [-0.2, -0.15) is 14.9 Å². The Bertz CT molecular complexity index is 1680. The Balaban J connectivity index is 1.58. The number of benzene rings is 2.